The number of carbonyl (C=O) groups excluding carboxylic acids is 1. The van der Waals surface area contributed by atoms with Crippen molar-refractivity contribution in [1.29, 1.82) is 0 Å². The minimum atomic E-state index is -0.156. The van der Waals surface area contributed by atoms with Crippen LogP contribution < -0.4 is 5.73 Å². The van der Waals surface area contributed by atoms with E-state index in [0.29, 0.717) is 18.9 Å². The first kappa shape index (κ1) is 12.1. The highest BCUT2D eigenvalue weighted by Gasteiger charge is 2.29. The fourth-order valence-electron chi connectivity index (χ4n) is 2.67. The number of benzene rings is 1. The van der Waals surface area contributed by atoms with Gasteiger partial charge in [-0.3, -0.25) is 4.79 Å². The van der Waals surface area contributed by atoms with Crippen molar-refractivity contribution < 1.29 is 9.53 Å². The Hall–Kier alpha value is -1.35. The van der Waals surface area contributed by atoms with E-state index >= 15 is 0 Å². The maximum atomic E-state index is 11.3. The Morgan fingerprint density at radius 2 is 2.00 bits per heavy atom. The van der Waals surface area contributed by atoms with Crippen LogP contribution in [-0.2, 0) is 22.4 Å². The van der Waals surface area contributed by atoms with E-state index in [-0.39, 0.29) is 11.9 Å². The number of hydrogen-bond donors (Lipinski definition) is 1. The molecule has 1 unspecified atom stereocenters. The summed E-state index contributed by atoms with van der Waals surface area (Å²) in [4.78, 5) is 11.3. The average Bonchev–Trinajstić information content (AvgIpc) is 2.78. The molecule has 2 rings (SSSR count). The molecule has 17 heavy (non-hydrogen) atoms. The van der Waals surface area contributed by atoms with E-state index in [9.17, 15) is 4.79 Å². The van der Waals surface area contributed by atoms with Crippen LogP contribution in [0.4, 0.5) is 0 Å². The molecule has 1 atom stereocenters. The lowest BCUT2D eigenvalue weighted by atomic mass is 9.87. The second-order valence-electron chi connectivity index (χ2n) is 4.71. The average molecular weight is 233 g/mol. The summed E-state index contributed by atoms with van der Waals surface area (Å²) < 4.78 is 4.72. The number of rotatable bonds is 4. The van der Waals surface area contributed by atoms with E-state index < -0.39 is 0 Å². The molecule has 1 aliphatic carbocycles. The highest BCUT2D eigenvalue weighted by molar-refractivity contribution is 5.69. The molecule has 3 heteroatoms. The largest absolute Gasteiger partial charge is 0.469 e. The van der Waals surface area contributed by atoms with E-state index in [1.165, 1.54) is 18.2 Å². The fraction of sp³-hybridized carbons (Fsp3) is 0.500. The van der Waals surface area contributed by atoms with Gasteiger partial charge in [0.2, 0.25) is 0 Å². The van der Waals surface area contributed by atoms with Gasteiger partial charge in [-0.15, -0.1) is 0 Å². The molecule has 0 spiro atoms. The molecule has 0 saturated heterocycles. The van der Waals surface area contributed by atoms with Crippen molar-refractivity contribution >= 4 is 5.97 Å². The Labute approximate surface area is 102 Å². The third-order valence-corrected chi connectivity index (χ3v) is 3.71. The van der Waals surface area contributed by atoms with Crippen molar-refractivity contribution in [2.24, 2.45) is 17.6 Å². The molecule has 0 aromatic heterocycles. The second-order valence-corrected chi connectivity index (χ2v) is 4.71. The molecule has 1 aliphatic rings. The number of nitrogens with two attached hydrogens (primary N) is 1. The smallest absolute Gasteiger partial charge is 0.305 e. The molecule has 0 bridgehead atoms. The lowest BCUT2D eigenvalue weighted by Gasteiger charge is -2.20. The summed E-state index contributed by atoms with van der Waals surface area (Å²) in [6, 6.07) is 8.47. The van der Waals surface area contributed by atoms with Crippen LogP contribution in [0.2, 0.25) is 0 Å². The SMILES string of the molecule is COC(=O)CC(CN)C1Cc2ccccc2C1. The first-order chi connectivity index (χ1) is 8.24. The number of fused-ring (bicyclic) bond motifs is 1. The Kier molecular flexibility index (Phi) is 3.79. The van der Waals surface area contributed by atoms with Gasteiger partial charge in [-0.25, -0.2) is 0 Å². The maximum absolute atomic E-state index is 11.3. The van der Waals surface area contributed by atoms with E-state index in [2.05, 4.69) is 24.3 Å². The van der Waals surface area contributed by atoms with Crippen molar-refractivity contribution in [3.63, 3.8) is 0 Å². The molecule has 0 aliphatic heterocycles. The Morgan fingerprint density at radius 1 is 1.41 bits per heavy atom. The van der Waals surface area contributed by atoms with E-state index in [1.54, 1.807) is 0 Å². The number of hydrogen-bond acceptors (Lipinski definition) is 3. The van der Waals surface area contributed by atoms with Crippen LogP contribution in [0, 0.1) is 11.8 Å². The third-order valence-electron chi connectivity index (χ3n) is 3.71. The standard InChI is InChI=1S/C14H19NO2/c1-17-14(16)8-13(9-15)12-6-10-4-2-3-5-11(10)7-12/h2-5,12-13H,6-9,15H2,1H3. The topological polar surface area (TPSA) is 52.3 Å². The second kappa shape index (κ2) is 5.32. The highest BCUT2D eigenvalue weighted by atomic mass is 16.5. The van der Waals surface area contributed by atoms with Crippen molar-refractivity contribution in [1.82, 2.24) is 0 Å². The molecule has 0 heterocycles. The lowest BCUT2D eigenvalue weighted by Crippen LogP contribution is -2.27. The summed E-state index contributed by atoms with van der Waals surface area (Å²) in [5, 5.41) is 0. The van der Waals surface area contributed by atoms with Gasteiger partial charge >= 0.3 is 5.97 Å². The van der Waals surface area contributed by atoms with Crippen molar-refractivity contribution in [3.8, 4) is 0 Å². The quantitative estimate of drug-likeness (QED) is 0.803. The molecule has 0 fully saturated rings. The highest BCUT2D eigenvalue weighted by Crippen LogP contribution is 2.32. The third kappa shape index (κ3) is 2.67. The van der Waals surface area contributed by atoms with Gasteiger partial charge in [-0.05, 0) is 42.3 Å². The van der Waals surface area contributed by atoms with Crippen LogP contribution in [0.25, 0.3) is 0 Å². The van der Waals surface area contributed by atoms with Gasteiger partial charge < -0.3 is 10.5 Å². The summed E-state index contributed by atoms with van der Waals surface area (Å²) in [6.45, 7) is 0.549. The Balaban J connectivity index is 2.02. The van der Waals surface area contributed by atoms with Gasteiger partial charge in [0.1, 0.15) is 0 Å². The molecule has 1 aromatic carbocycles. The van der Waals surface area contributed by atoms with E-state index in [4.69, 9.17) is 10.5 Å². The van der Waals surface area contributed by atoms with E-state index in [0.717, 1.165) is 12.8 Å². The maximum Gasteiger partial charge on any atom is 0.305 e. The predicted molar refractivity (Wildman–Crippen MR) is 66.5 cm³/mol. The molecule has 0 radical (unpaired) electrons. The molecule has 1 aromatic rings. The van der Waals surface area contributed by atoms with Gasteiger partial charge in [0, 0.05) is 6.42 Å². The monoisotopic (exact) mass is 233 g/mol. The molecule has 0 saturated carbocycles. The van der Waals surface area contributed by atoms with Crippen LogP contribution >= 0.6 is 0 Å². The van der Waals surface area contributed by atoms with Crippen LogP contribution in [0.1, 0.15) is 17.5 Å². The van der Waals surface area contributed by atoms with Crippen molar-refractivity contribution in [2.45, 2.75) is 19.3 Å². The number of carbonyl (C=O) groups is 1. The normalized spacial score (nSPS) is 16.6. The predicted octanol–water partition coefficient (Wildman–Crippen LogP) is 1.54. The zero-order chi connectivity index (χ0) is 12.3. The van der Waals surface area contributed by atoms with Crippen LogP contribution in [-0.4, -0.2) is 19.6 Å². The van der Waals surface area contributed by atoms with Gasteiger partial charge in [-0.1, -0.05) is 24.3 Å². The van der Waals surface area contributed by atoms with E-state index in [1.807, 2.05) is 0 Å². The Bertz CT molecular complexity index is 378. The van der Waals surface area contributed by atoms with Crippen LogP contribution in [0.5, 0.6) is 0 Å². The number of methoxy groups -OCH3 is 1. The van der Waals surface area contributed by atoms with Crippen molar-refractivity contribution in [2.75, 3.05) is 13.7 Å². The molecule has 92 valence electrons. The Morgan fingerprint density at radius 3 is 2.47 bits per heavy atom. The van der Waals surface area contributed by atoms with Crippen LogP contribution in [0.15, 0.2) is 24.3 Å². The minimum Gasteiger partial charge on any atom is -0.469 e. The van der Waals surface area contributed by atoms with Gasteiger partial charge in [-0.2, -0.15) is 0 Å². The minimum absolute atomic E-state index is 0.156. The van der Waals surface area contributed by atoms with Crippen LogP contribution in [0.3, 0.4) is 0 Å². The molecular weight excluding hydrogens is 214 g/mol. The summed E-state index contributed by atoms with van der Waals surface area (Å²) in [6.07, 6.45) is 2.51. The van der Waals surface area contributed by atoms with Gasteiger partial charge in [0.25, 0.3) is 0 Å². The summed E-state index contributed by atoms with van der Waals surface area (Å²) in [7, 11) is 1.43. The summed E-state index contributed by atoms with van der Waals surface area (Å²) >= 11 is 0. The first-order valence-corrected chi connectivity index (χ1v) is 6.08. The summed E-state index contributed by atoms with van der Waals surface area (Å²) in [5.74, 6) is 0.558. The zero-order valence-corrected chi connectivity index (χ0v) is 10.2. The number of ether oxygens (including phenoxy) is 1. The molecular formula is C14H19NO2. The summed E-state index contributed by atoms with van der Waals surface area (Å²) in [5.41, 5.74) is 8.59. The zero-order valence-electron chi connectivity index (χ0n) is 10.2. The number of esters is 1. The fourth-order valence-corrected chi connectivity index (χ4v) is 2.67. The lowest BCUT2D eigenvalue weighted by molar-refractivity contribution is -0.142. The molecule has 2 N–H and O–H groups in total. The van der Waals surface area contributed by atoms with Gasteiger partial charge in [0.15, 0.2) is 0 Å². The molecule has 3 nitrogen and oxygen atoms in total. The molecule has 0 amide bonds. The van der Waals surface area contributed by atoms with Gasteiger partial charge in [0.05, 0.1) is 7.11 Å². The first-order valence-electron chi connectivity index (χ1n) is 6.08. The van der Waals surface area contributed by atoms with Crippen molar-refractivity contribution in [3.05, 3.63) is 35.4 Å².